The SMILES string of the molecule is COCCO[C@H]1/C=C/[C@H](OC)[C@@H]2CC[C@H]2CN2C[C@@]3(CCCc4cc(Cl)ccc43)COc3ccc(cc32)C(=O)N=[S@](=O)(NC(=O)c2cn(C)nc2OC)C[C@H]1C. The second-order valence-electron chi connectivity index (χ2n) is 15.5. The molecule has 2 amide bonds. The van der Waals surface area contributed by atoms with E-state index in [2.05, 4.69) is 31.2 Å². The van der Waals surface area contributed by atoms with Crippen molar-refractivity contribution >= 4 is 39.0 Å². The molecule has 4 aliphatic rings. The first-order valence-electron chi connectivity index (χ1n) is 19.3. The third kappa shape index (κ3) is 8.36. The molecule has 1 fully saturated rings. The van der Waals surface area contributed by atoms with Gasteiger partial charge in [-0.05, 0) is 85.4 Å². The summed E-state index contributed by atoms with van der Waals surface area (Å²) in [5.41, 5.74) is 3.26. The van der Waals surface area contributed by atoms with Gasteiger partial charge in [0.1, 0.15) is 21.2 Å². The topological polar surface area (TPSA) is 143 Å². The predicted octanol–water partition coefficient (Wildman–Crippen LogP) is 5.79. The van der Waals surface area contributed by atoms with Crippen LogP contribution in [-0.2, 0) is 43.0 Å². The fourth-order valence-corrected chi connectivity index (χ4v) is 10.9. The lowest BCUT2D eigenvalue weighted by atomic mass is 9.68. The molecular formula is C41H52ClN5O8S. The molecular weight excluding hydrogens is 758 g/mol. The molecule has 0 unspecified atom stereocenters. The normalized spacial score (nSPS) is 29.5. The van der Waals surface area contributed by atoms with Crippen molar-refractivity contribution in [2.75, 3.05) is 64.9 Å². The lowest BCUT2D eigenvalue weighted by molar-refractivity contribution is 0.00693. The van der Waals surface area contributed by atoms with Crippen LogP contribution in [0.1, 0.15) is 64.4 Å². The Kier molecular flexibility index (Phi) is 12.1. The first-order valence-corrected chi connectivity index (χ1v) is 21.3. The van der Waals surface area contributed by atoms with Crippen molar-refractivity contribution in [1.82, 2.24) is 14.5 Å². The fourth-order valence-electron chi connectivity index (χ4n) is 8.79. The number of benzene rings is 2. The van der Waals surface area contributed by atoms with E-state index in [1.54, 1.807) is 39.5 Å². The Hall–Kier alpha value is -3.95. The third-order valence-electron chi connectivity index (χ3n) is 11.8. The molecule has 2 aliphatic carbocycles. The number of methoxy groups -OCH3 is 3. The number of rotatable bonds is 8. The van der Waals surface area contributed by atoms with E-state index in [0.717, 1.165) is 49.4 Å². The van der Waals surface area contributed by atoms with Crippen LogP contribution in [0.4, 0.5) is 5.69 Å². The molecule has 2 bridgehead atoms. The maximum absolute atomic E-state index is 15.0. The molecule has 56 heavy (non-hydrogen) atoms. The number of fused-ring (bicyclic) bond motifs is 4. The van der Waals surface area contributed by atoms with Crippen LogP contribution in [0.2, 0.25) is 5.02 Å². The molecule has 15 heteroatoms. The number of carbonyl (C=O) groups excluding carboxylic acids is 2. The lowest BCUT2D eigenvalue weighted by Gasteiger charge is -2.46. The molecule has 2 aliphatic heterocycles. The summed E-state index contributed by atoms with van der Waals surface area (Å²) < 4.78 is 53.0. The first-order chi connectivity index (χ1) is 26.9. The summed E-state index contributed by atoms with van der Waals surface area (Å²) in [5, 5.41) is 4.89. The Morgan fingerprint density at radius 1 is 1.11 bits per heavy atom. The van der Waals surface area contributed by atoms with Crippen molar-refractivity contribution in [3.8, 4) is 11.6 Å². The van der Waals surface area contributed by atoms with E-state index in [0.29, 0.717) is 31.4 Å². The Labute approximate surface area is 334 Å². The highest BCUT2D eigenvalue weighted by molar-refractivity contribution is 7.92. The minimum absolute atomic E-state index is 0.0523. The van der Waals surface area contributed by atoms with Gasteiger partial charge in [-0.3, -0.25) is 19.0 Å². The van der Waals surface area contributed by atoms with Gasteiger partial charge in [0.05, 0.1) is 50.6 Å². The van der Waals surface area contributed by atoms with Gasteiger partial charge in [0.25, 0.3) is 11.8 Å². The smallest absolute Gasteiger partial charge is 0.286 e. The number of aromatic nitrogens is 2. The van der Waals surface area contributed by atoms with Crippen molar-refractivity contribution in [1.29, 1.82) is 0 Å². The summed E-state index contributed by atoms with van der Waals surface area (Å²) in [5.74, 6) is -0.850. The highest BCUT2D eigenvalue weighted by Gasteiger charge is 2.44. The number of aryl methyl sites for hydroxylation is 2. The number of halogens is 1. The summed E-state index contributed by atoms with van der Waals surface area (Å²) in [4.78, 5) is 30.4. The summed E-state index contributed by atoms with van der Waals surface area (Å²) in [6.45, 7) is 4.35. The molecule has 1 aromatic heterocycles. The van der Waals surface area contributed by atoms with E-state index in [9.17, 15) is 13.8 Å². The lowest BCUT2D eigenvalue weighted by Crippen LogP contribution is -2.49. The van der Waals surface area contributed by atoms with Gasteiger partial charge >= 0.3 is 0 Å². The van der Waals surface area contributed by atoms with Crippen LogP contribution < -0.4 is 19.1 Å². The van der Waals surface area contributed by atoms with Crippen LogP contribution in [0.5, 0.6) is 11.6 Å². The van der Waals surface area contributed by atoms with Crippen LogP contribution in [0, 0.1) is 17.8 Å². The highest BCUT2D eigenvalue weighted by atomic mass is 35.5. The molecule has 0 radical (unpaired) electrons. The molecule has 2 aromatic carbocycles. The molecule has 302 valence electrons. The molecule has 1 spiro atoms. The van der Waals surface area contributed by atoms with E-state index in [1.807, 2.05) is 25.1 Å². The summed E-state index contributed by atoms with van der Waals surface area (Å²) >= 11 is 6.48. The van der Waals surface area contributed by atoms with Crippen LogP contribution in [-0.4, -0.2) is 98.0 Å². The highest BCUT2D eigenvalue weighted by Crippen LogP contribution is 2.47. The molecule has 13 nitrogen and oxygen atoms in total. The number of ether oxygens (including phenoxy) is 5. The van der Waals surface area contributed by atoms with Crippen LogP contribution in [0.15, 0.2) is 59.1 Å². The van der Waals surface area contributed by atoms with E-state index in [4.69, 9.17) is 35.3 Å². The largest absolute Gasteiger partial charge is 0.490 e. The monoisotopic (exact) mass is 809 g/mol. The van der Waals surface area contributed by atoms with Crippen molar-refractivity contribution in [3.05, 3.63) is 82.0 Å². The van der Waals surface area contributed by atoms with Gasteiger partial charge in [-0.15, -0.1) is 9.46 Å². The summed E-state index contributed by atoms with van der Waals surface area (Å²) in [7, 11) is 2.59. The van der Waals surface area contributed by atoms with Gasteiger partial charge in [-0.1, -0.05) is 36.7 Å². The number of amides is 2. The average Bonchev–Trinajstić information content (AvgIpc) is 3.48. The quantitative estimate of drug-likeness (QED) is 0.220. The van der Waals surface area contributed by atoms with Crippen molar-refractivity contribution < 1.29 is 37.5 Å². The molecule has 1 N–H and O–H groups in total. The Bertz CT molecular complexity index is 2100. The summed E-state index contributed by atoms with van der Waals surface area (Å²) in [6.07, 6.45) is 9.62. The Morgan fingerprint density at radius 3 is 2.68 bits per heavy atom. The van der Waals surface area contributed by atoms with Gasteiger partial charge in [-0.25, -0.2) is 4.21 Å². The van der Waals surface area contributed by atoms with E-state index < -0.39 is 33.8 Å². The van der Waals surface area contributed by atoms with Gasteiger partial charge in [0.2, 0.25) is 5.88 Å². The van der Waals surface area contributed by atoms with Gasteiger partial charge in [0, 0.05) is 62.5 Å². The Balaban J connectivity index is 1.33. The standard InChI is InChI=1S/C41H52ClN5O8S/c1-26-23-56(50,45-39(49)32-22-46(2)43-40(32)53-5)44-38(48)28-9-13-37-34(20-28)47(24-41(25-55-37)16-6-7-27-19-30(42)10-12-33(27)41)21-29-8-11-31(29)36(52-4)15-14-35(26)54-18-17-51-3/h9-10,12-15,19-20,22,26,29,31,35-36H,6-8,11,16-18,21,23-25H2,1-5H3,(H,44,45,48,49,50)/b15-14+/t26-,29+,31-,35+,36+,41+,56+/m1/s1. The first kappa shape index (κ1) is 40.3. The zero-order valence-electron chi connectivity index (χ0n) is 32.7. The third-order valence-corrected chi connectivity index (χ3v) is 13.9. The van der Waals surface area contributed by atoms with Gasteiger partial charge in [0.15, 0.2) is 0 Å². The van der Waals surface area contributed by atoms with Crippen molar-refractivity contribution in [3.63, 3.8) is 0 Å². The maximum Gasteiger partial charge on any atom is 0.286 e. The molecule has 7 atom stereocenters. The fraction of sp³-hybridized carbons (Fsp3) is 0.537. The second-order valence-corrected chi connectivity index (χ2v) is 18.0. The number of nitrogens with one attached hydrogen (secondary N) is 1. The molecule has 3 aromatic rings. The van der Waals surface area contributed by atoms with Crippen LogP contribution in [0.25, 0.3) is 0 Å². The Morgan fingerprint density at radius 2 is 1.93 bits per heavy atom. The number of nitrogens with zero attached hydrogens (tertiary/aromatic N) is 4. The maximum atomic E-state index is 15.0. The zero-order valence-corrected chi connectivity index (χ0v) is 34.3. The van der Waals surface area contributed by atoms with E-state index in [-0.39, 0.29) is 46.8 Å². The predicted molar refractivity (Wildman–Crippen MR) is 214 cm³/mol. The summed E-state index contributed by atoms with van der Waals surface area (Å²) in [6, 6.07) is 11.4. The molecule has 3 heterocycles. The zero-order chi connectivity index (χ0) is 39.6. The minimum atomic E-state index is -3.77. The van der Waals surface area contributed by atoms with Gasteiger partial charge < -0.3 is 28.6 Å². The number of carbonyl (C=O) groups is 2. The molecule has 1 saturated carbocycles. The number of anilines is 1. The molecule has 7 rings (SSSR count). The minimum Gasteiger partial charge on any atom is -0.490 e. The average molecular weight is 810 g/mol. The number of hydrogen-bond acceptors (Lipinski definition) is 10. The number of hydrogen-bond donors (Lipinski definition) is 1. The van der Waals surface area contributed by atoms with Crippen LogP contribution >= 0.6 is 11.6 Å². The van der Waals surface area contributed by atoms with Crippen LogP contribution in [0.3, 0.4) is 0 Å². The molecule has 0 saturated heterocycles. The second kappa shape index (κ2) is 16.9. The van der Waals surface area contributed by atoms with Crippen molar-refractivity contribution in [2.24, 2.45) is 29.2 Å². The van der Waals surface area contributed by atoms with E-state index >= 15 is 0 Å². The van der Waals surface area contributed by atoms with Crippen molar-refractivity contribution in [2.45, 2.75) is 56.7 Å². The van der Waals surface area contributed by atoms with Gasteiger partial charge in [-0.2, -0.15) is 0 Å². The van der Waals surface area contributed by atoms with E-state index in [1.165, 1.54) is 29.1 Å².